The number of likely N-dealkylation sites (tertiary alicyclic amines) is 1. The van der Waals surface area contributed by atoms with Gasteiger partial charge < -0.3 is 9.32 Å². The number of piperidine rings is 1. The lowest BCUT2D eigenvalue weighted by molar-refractivity contribution is 0.0703. The fourth-order valence-corrected chi connectivity index (χ4v) is 4.22. The lowest BCUT2D eigenvalue weighted by Crippen LogP contribution is -2.40. The summed E-state index contributed by atoms with van der Waals surface area (Å²) in [6, 6.07) is 0. The van der Waals surface area contributed by atoms with Gasteiger partial charge in [0, 0.05) is 43.4 Å². The molecule has 4 rings (SSSR count). The molecule has 1 amide bonds. The highest BCUT2D eigenvalue weighted by Crippen LogP contribution is 2.32. The summed E-state index contributed by atoms with van der Waals surface area (Å²) in [5.41, 5.74) is 3.92. The molecule has 1 saturated heterocycles. The van der Waals surface area contributed by atoms with Crippen molar-refractivity contribution in [2.24, 2.45) is 0 Å². The maximum Gasteiger partial charge on any atom is 0.257 e. The van der Waals surface area contributed by atoms with Gasteiger partial charge in [0.15, 0.2) is 0 Å². The van der Waals surface area contributed by atoms with Crippen LogP contribution in [-0.2, 0) is 12.8 Å². The van der Waals surface area contributed by atoms with Gasteiger partial charge in [-0.3, -0.25) is 14.8 Å². The van der Waals surface area contributed by atoms with Crippen molar-refractivity contribution in [3.8, 4) is 0 Å². The summed E-state index contributed by atoms with van der Waals surface area (Å²) in [4.78, 5) is 24.1. The summed E-state index contributed by atoms with van der Waals surface area (Å²) >= 11 is 0. The number of carbonyl (C=O) groups excluding carboxylic acids is 1. The summed E-state index contributed by atoms with van der Waals surface area (Å²) in [5.74, 6) is 2.22. The van der Waals surface area contributed by atoms with E-state index in [0.717, 1.165) is 85.6 Å². The van der Waals surface area contributed by atoms with Crippen molar-refractivity contribution in [1.82, 2.24) is 14.9 Å². The molecule has 0 N–H and O–H groups in total. The molecule has 5 nitrogen and oxygen atoms in total. The van der Waals surface area contributed by atoms with Gasteiger partial charge in [0.2, 0.25) is 0 Å². The average Bonchev–Trinajstić information content (AvgIpc) is 2.97. The van der Waals surface area contributed by atoms with Gasteiger partial charge in [-0.05, 0) is 46.0 Å². The van der Waals surface area contributed by atoms with Gasteiger partial charge in [0.25, 0.3) is 5.91 Å². The number of furan rings is 1. The molecule has 1 aliphatic carbocycles. The summed E-state index contributed by atoms with van der Waals surface area (Å²) < 4.78 is 5.91. The molecule has 0 saturated carbocycles. The second-order valence-corrected chi connectivity index (χ2v) is 7.32. The van der Waals surface area contributed by atoms with Crippen LogP contribution in [0, 0.1) is 13.8 Å². The molecule has 0 aromatic carbocycles. The summed E-state index contributed by atoms with van der Waals surface area (Å²) in [6.45, 7) is 5.42. The first-order valence-electron chi connectivity index (χ1n) is 9.32. The van der Waals surface area contributed by atoms with E-state index in [0.29, 0.717) is 0 Å². The van der Waals surface area contributed by atoms with E-state index in [1.54, 1.807) is 6.20 Å². The van der Waals surface area contributed by atoms with Crippen molar-refractivity contribution >= 4 is 5.91 Å². The molecule has 2 aromatic rings. The van der Waals surface area contributed by atoms with E-state index in [-0.39, 0.29) is 11.8 Å². The van der Waals surface area contributed by atoms with E-state index >= 15 is 0 Å². The molecule has 1 fully saturated rings. The first kappa shape index (κ1) is 16.3. The first-order valence-corrected chi connectivity index (χ1v) is 9.32. The van der Waals surface area contributed by atoms with Crippen LogP contribution in [0.2, 0.25) is 0 Å². The Morgan fingerprint density at radius 2 is 2.04 bits per heavy atom. The van der Waals surface area contributed by atoms with Gasteiger partial charge in [-0.2, -0.15) is 0 Å². The van der Waals surface area contributed by atoms with E-state index < -0.39 is 0 Å². The van der Waals surface area contributed by atoms with Gasteiger partial charge in [-0.1, -0.05) is 0 Å². The zero-order chi connectivity index (χ0) is 17.4. The number of hydrogen-bond acceptors (Lipinski definition) is 4. The van der Waals surface area contributed by atoms with E-state index in [1.807, 2.05) is 24.9 Å². The summed E-state index contributed by atoms with van der Waals surface area (Å²) in [7, 11) is 0. The van der Waals surface area contributed by atoms with E-state index in [4.69, 9.17) is 4.42 Å². The highest BCUT2D eigenvalue weighted by molar-refractivity contribution is 5.97. The number of aryl methyl sites for hydroxylation is 3. The fourth-order valence-electron chi connectivity index (χ4n) is 4.22. The zero-order valence-corrected chi connectivity index (χ0v) is 15.0. The molecule has 0 spiro atoms. The van der Waals surface area contributed by atoms with Gasteiger partial charge in [0.05, 0.1) is 17.0 Å². The van der Waals surface area contributed by atoms with E-state index in [2.05, 4.69) is 9.97 Å². The normalized spacial score (nSPS) is 20.4. The van der Waals surface area contributed by atoms with Gasteiger partial charge in [-0.15, -0.1) is 0 Å². The first-order chi connectivity index (χ1) is 12.1. The Morgan fingerprint density at radius 1 is 1.20 bits per heavy atom. The largest absolute Gasteiger partial charge is 0.465 e. The van der Waals surface area contributed by atoms with Crippen LogP contribution in [0.4, 0.5) is 0 Å². The Labute approximate surface area is 148 Å². The highest BCUT2D eigenvalue weighted by Gasteiger charge is 2.31. The number of rotatable bonds is 2. The number of hydrogen-bond donors (Lipinski definition) is 0. The third-order valence-electron chi connectivity index (χ3n) is 5.46. The summed E-state index contributed by atoms with van der Waals surface area (Å²) in [5, 5.41) is 0. The molecule has 0 bridgehead atoms. The van der Waals surface area contributed by atoms with Crippen molar-refractivity contribution < 1.29 is 9.21 Å². The van der Waals surface area contributed by atoms with Crippen LogP contribution >= 0.6 is 0 Å². The van der Waals surface area contributed by atoms with Crippen LogP contribution in [0.5, 0.6) is 0 Å². The molecule has 132 valence electrons. The third kappa shape index (κ3) is 3.08. The Kier molecular flexibility index (Phi) is 4.32. The quantitative estimate of drug-likeness (QED) is 0.839. The van der Waals surface area contributed by atoms with Crippen LogP contribution in [-0.4, -0.2) is 33.9 Å². The monoisotopic (exact) mass is 339 g/mol. The molecule has 3 heterocycles. The molecular formula is C20H25N3O2. The number of nitrogens with zero attached hydrogens (tertiary/aromatic N) is 3. The zero-order valence-electron chi connectivity index (χ0n) is 15.0. The fraction of sp³-hybridized carbons (Fsp3) is 0.550. The number of amides is 1. The SMILES string of the molecule is Cc1cncc([C@@H]2CCCN(C(=O)c3c(C)oc4c3CCCC4)C2)n1. The molecule has 2 aromatic heterocycles. The molecule has 0 unspecified atom stereocenters. The Balaban J connectivity index is 1.57. The van der Waals surface area contributed by atoms with E-state index in [9.17, 15) is 4.79 Å². The van der Waals surface area contributed by atoms with E-state index in [1.165, 1.54) is 0 Å². The standard InChI is InChI=1S/C20H25N3O2/c1-13-10-21-11-17(22-13)15-6-5-9-23(12-15)20(24)19-14(2)25-18-8-4-3-7-16(18)19/h10-11,15H,3-9,12H2,1-2H3/t15-/m1/s1. The second kappa shape index (κ2) is 6.62. The minimum atomic E-state index is 0.134. The second-order valence-electron chi connectivity index (χ2n) is 7.32. The molecule has 1 atom stereocenters. The Morgan fingerprint density at radius 3 is 2.88 bits per heavy atom. The van der Waals surface area contributed by atoms with Crippen LogP contribution in [0.15, 0.2) is 16.8 Å². The molecular weight excluding hydrogens is 314 g/mol. The molecule has 25 heavy (non-hydrogen) atoms. The van der Waals surface area contributed by atoms with Crippen LogP contribution < -0.4 is 0 Å². The number of aromatic nitrogens is 2. The maximum absolute atomic E-state index is 13.2. The molecule has 1 aliphatic heterocycles. The smallest absolute Gasteiger partial charge is 0.257 e. The van der Waals surface area contributed by atoms with Gasteiger partial charge in [-0.25, -0.2) is 0 Å². The van der Waals surface area contributed by atoms with Crippen LogP contribution in [0.25, 0.3) is 0 Å². The van der Waals surface area contributed by atoms with Gasteiger partial charge in [0.1, 0.15) is 11.5 Å². The van der Waals surface area contributed by atoms with Crippen molar-refractivity contribution in [1.29, 1.82) is 0 Å². The third-order valence-corrected chi connectivity index (χ3v) is 5.46. The highest BCUT2D eigenvalue weighted by atomic mass is 16.3. The molecule has 0 radical (unpaired) electrons. The lowest BCUT2D eigenvalue weighted by atomic mass is 9.92. The maximum atomic E-state index is 13.2. The number of carbonyl (C=O) groups is 1. The van der Waals surface area contributed by atoms with Crippen LogP contribution in [0.3, 0.4) is 0 Å². The van der Waals surface area contributed by atoms with Crippen LogP contribution in [0.1, 0.15) is 70.4 Å². The molecule has 5 heteroatoms. The predicted molar refractivity (Wildman–Crippen MR) is 94.7 cm³/mol. The predicted octanol–water partition coefficient (Wildman–Crippen LogP) is 3.59. The number of fused-ring (bicyclic) bond motifs is 1. The van der Waals surface area contributed by atoms with Gasteiger partial charge >= 0.3 is 0 Å². The Hall–Kier alpha value is -2.17. The minimum absolute atomic E-state index is 0.134. The summed E-state index contributed by atoms with van der Waals surface area (Å²) in [6.07, 6.45) is 9.92. The van der Waals surface area contributed by atoms with Crippen molar-refractivity contribution in [3.63, 3.8) is 0 Å². The molecule has 2 aliphatic rings. The van der Waals surface area contributed by atoms with Crippen molar-refractivity contribution in [3.05, 3.63) is 46.4 Å². The average molecular weight is 339 g/mol. The Bertz CT molecular complexity index is 796. The topological polar surface area (TPSA) is 59.2 Å². The van der Waals surface area contributed by atoms with Crippen molar-refractivity contribution in [2.75, 3.05) is 13.1 Å². The van der Waals surface area contributed by atoms with Crippen molar-refractivity contribution in [2.45, 2.75) is 58.3 Å². The lowest BCUT2D eigenvalue weighted by Gasteiger charge is -2.32. The minimum Gasteiger partial charge on any atom is -0.465 e.